The second kappa shape index (κ2) is 6.21. The van der Waals surface area contributed by atoms with Crippen molar-refractivity contribution < 1.29 is 0 Å². The molecule has 0 atom stereocenters. The fourth-order valence-corrected chi connectivity index (χ4v) is 2.46. The normalized spacial score (nSPS) is 11.6. The van der Waals surface area contributed by atoms with Crippen LogP contribution in [0.1, 0.15) is 19.7 Å². The van der Waals surface area contributed by atoms with E-state index < -0.39 is 0 Å². The smallest absolute Gasteiger partial charge is 0.124 e. The van der Waals surface area contributed by atoms with E-state index in [1.165, 1.54) is 5.52 Å². The number of hydrogen-bond acceptors (Lipinski definition) is 2. The van der Waals surface area contributed by atoms with E-state index in [1.807, 2.05) is 12.1 Å². The van der Waals surface area contributed by atoms with Crippen LogP contribution in [-0.2, 0) is 12.4 Å². The predicted octanol–water partition coefficient (Wildman–Crippen LogP) is 3.12. The van der Waals surface area contributed by atoms with E-state index in [0.29, 0.717) is 5.88 Å². The van der Waals surface area contributed by atoms with Gasteiger partial charge in [-0.3, -0.25) is 0 Å². The summed E-state index contributed by atoms with van der Waals surface area (Å²) in [5, 5.41) is 0. The number of imidazole rings is 1. The standard InChI is InChI=1S/C14H20ClN3/c1-3-17(4-2)9-10-18-13-8-6-5-7-12(13)16-14(18)11-15/h5-8H,3-4,9-11H2,1-2H3. The lowest BCUT2D eigenvalue weighted by atomic mass is 10.3. The number of hydrogen-bond donors (Lipinski definition) is 0. The molecule has 0 fully saturated rings. The van der Waals surface area contributed by atoms with Crippen molar-refractivity contribution in [2.24, 2.45) is 0 Å². The molecule has 2 aromatic rings. The van der Waals surface area contributed by atoms with Crippen molar-refractivity contribution in [1.29, 1.82) is 0 Å². The molecule has 3 nitrogen and oxygen atoms in total. The molecule has 0 saturated carbocycles. The van der Waals surface area contributed by atoms with Crippen LogP contribution in [0, 0.1) is 0 Å². The average Bonchev–Trinajstić information content (AvgIpc) is 2.78. The van der Waals surface area contributed by atoms with E-state index in [9.17, 15) is 0 Å². The van der Waals surface area contributed by atoms with Gasteiger partial charge in [0.25, 0.3) is 0 Å². The molecule has 1 aromatic carbocycles. The van der Waals surface area contributed by atoms with Gasteiger partial charge in [0.2, 0.25) is 0 Å². The van der Waals surface area contributed by atoms with E-state index in [-0.39, 0.29) is 0 Å². The van der Waals surface area contributed by atoms with Crippen molar-refractivity contribution in [2.75, 3.05) is 19.6 Å². The summed E-state index contributed by atoms with van der Waals surface area (Å²) in [6.07, 6.45) is 0. The van der Waals surface area contributed by atoms with Crippen molar-refractivity contribution in [3.63, 3.8) is 0 Å². The Hall–Kier alpha value is -1.06. The number of nitrogens with zero attached hydrogens (tertiary/aromatic N) is 3. The first-order valence-corrected chi connectivity index (χ1v) is 7.06. The van der Waals surface area contributed by atoms with Crippen LogP contribution in [0.2, 0.25) is 0 Å². The zero-order chi connectivity index (χ0) is 13.0. The molecule has 0 radical (unpaired) electrons. The second-order valence-electron chi connectivity index (χ2n) is 4.33. The number of fused-ring (bicyclic) bond motifs is 1. The third-order valence-corrected chi connectivity index (χ3v) is 3.63. The van der Waals surface area contributed by atoms with Crippen molar-refractivity contribution in [2.45, 2.75) is 26.3 Å². The molecule has 0 aliphatic carbocycles. The van der Waals surface area contributed by atoms with Crippen LogP contribution in [0.25, 0.3) is 11.0 Å². The maximum atomic E-state index is 5.99. The van der Waals surface area contributed by atoms with E-state index in [2.05, 4.69) is 40.4 Å². The fraction of sp³-hybridized carbons (Fsp3) is 0.500. The summed E-state index contributed by atoms with van der Waals surface area (Å²) in [5.74, 6) is 1.43. The summed E-state index contributed by atoms with van der Waals surface area (Å²) in [5.41, 5.74) is 2.22. The van der Waals surface area contributed by atoms with Gasteiger partial charge in [-0.05, 0) is 25.2 Å². The molecular weight excluding hydrogens is 246 g/mol. The third-order valence-electron chi connectivity index (χ3n) is 3.39. The Kier molecular flexibility index (Phi) is 4.61. The predicted molar refractivity (Wildman–Crippen MR) is 77.1 cm³/mol. The SMILES string of the molecule is CCN(CC)CCn1c(CCl)nc2ccccc21. The van der Waals surface area contributed by atoms with Gasteiger partial charge >= 0.3 is 0 Å². The maximum Gasteiger partial charge on any atom is 0.124 e. The Morgan fingerprint density at radius 1 is 1.22 bits per heavy atom. The number of likely N-dealkylation sites (N-methyl/N-ethyl adjacent to an activating group) is 1. The van der Waals surface area contributed by atoms with E-state index >= 15 is 0 Å². The first-order chi connectivity index (χ1) is 8.80. The molecule has 2 rings (SSSR count). The maximum absolute atomic E-state index is 5.99. The van der Waals surface area contributed by atoms with Crippen molar-refractivity contribution in [3.05, 3.63) is 30.1 Å². The highest BCUT2D eigenvalue weighted by atomic mass is 35.5. The summed E-state index contributed by atoms with van der Waals surface area (Å²) in [6, 6.07) is 8.22. The third kappa shape index (κ3) is 2.68. The summed E-state index contributed by atoms with van der Waals surface area (Å²) < 4.78 is 2.24. The van der Waals surface area contributed by atoms with E-state index in [1.54, 1.807) is 0 Å². The minimum atomic E-state index is 0.465. The van der Waals surface area contributed by atoms with Gasteiger partial charge in [0.05, 0.1) is 16.9 Å². The number of halogens is 1. The highest BCUT2D eigenvalue weighted by molar-refractivity contribution is 6.16. The van der Waals surface area contributed by atoms with E-state index in [4.69, 9.17) is 11.6 Å². The van der Waals surface area contributed by atoms with Gasteiger partial charge in [0, 0.05) is 13.1 Å². The Morgan fingerprint density at radius 3 is 2.61 bits per heavy atom. The Bertz CT molecular complexity index is 503. The molecule has 4 heteroatoms. The molecule has 0 N–H and O–H groups in total. The van der Waals surface area contributed by atoms with Crippen LogP contribution < -0.4 is 0 Å². The van der Waals surface area contributed by atoms with Gasteiger partial charge in [0.1, 0.15) is 5.82 Å². The largest absolute Gasteiger partial charge is 0.326 e. The molecule has 0 aliphatic heterocycles. The van der Waals surface area contributed by atoms with Gasteiger partial charge in [-0.15, -0.1) is 11.6 Å². The summed E-state index contributed by atoms with van der Waals surface area (Å²) >= 11 is 5.99. The molecule has 1 heterocycles. The van der Waals surface area contributed by atoms with Gasteiger partial charge < -0.3 is 9.47 Å². The minimum Gasteiger partial charge on any atom is -0.326 e. The molecule has 0 spiro atoms. The lowest BCUT2D eigenvalue weighted by molar-refractivity contribution is 0.291. The first-order valence-electron chi connectivity index (χ1n) is 6.52. The highest BCUT2D eigenvalue weighted by Gasteiger charge is 2.10. The van der Waals surface area contributed by atoms with Crippen LogP contribution in [-0.4, -0.2) is 34.1 Å². The highest BCUT2D eigenvalue weighted by Crippen LogP contribution is 2.17. The van der Waals surface area contributed by atoms with Gasteiger partial charge in [-0.25, -0.2) is 4.98 Å². The lowest BCUT2D eigenvalue weighted by Crippen LogP contribution is -2.27. The molecular formula is C14H20ClN3. The number of alkyl halides is 1. The number of aromatic nitrogens is 2. The molecule has 0 amide bonds. The molecule has 18 heavy (non-hydrogen) atoms. The van der Waals surface area contributed by atoms with Crippen molar-refractivity contribution in [3.8, 4) is 0 Å². The average molecular weight is 266 g/mol. The Labute approximate surface area is 113 Å². The number of para-hydroxylation sites is 2. The van der Waals surface area contributed by atoms with Crippen LogP contribution in [0.4, 0.5) is 0 Å². The van der Waals surface area contributed by atoms with Crippen molar-refractivity contribution in [1.82, 2.24) is 14.5 Å². The number of rotatable bonds is 6. The molecule has 1 aromatic heterocycles. The topological polar surface area (TPSA) is 21.1 Å². The van der Waals surface area contributed by atoms with Crippen LogP contribution in [0.15, 0.2) is 24.3 Å². The van der Waals surface area contributed by atoms with Gasteiger partial charge in [-0.1, -0.05) is 26.0 Å². The Balaban J connectivity index is 2.25. The lowest BCUT2D eigenvalue weighted by Gasteiger charge is -2.19. The summed E-state index contributed by atoms with van der Waals surface area (Å²) in [7, 11) is 0. The summed E-state index contributed by atoms with van der Waals surface area (Å²) in [6.45, 7) is 8.54. The van der Waals surface area contributed by atoms with Crippen molar-refractivity contribution >= 4 is 22.6 Å². The molecule has 98 valence electrons. The second-order valence-corrected chi connectivity index (χ2v) is 4.60. The van der Waals surface area contributed by atoms with Gasteiger partial charge in [-0.2, -0.15) is 0 Å². The van der Waals surface area contributed by atoms with Crippen LogP contribution in [0.5, 0.6) is 0 Å². The molecule has 0 aliphatic rings. The zero-order valence-electron chi connectivity index (χ0n) is 11.1. The zero-order valence-corrected chi connectivity index (χ0v) is 11.8. The molecule has 0 unspecified atom stereocenters. The Morgan fingerprint density at radius 2 is 1.94 bits per heavy atom. The summed E-state index contributed by atoms with van der Waals surface area (Å²) in [4.78, 5) is 6.98. The van der Waals surface area contributed by atoms with Crippen LogP contribution >= 0.6 is 11.6 Å². The fourth-order valence-electron chi connectivity index (χ4n) is 2.26. The minimum absolute atomic E-state index is 0.465. The van der Waals surface area contributed by atoms with Crippen LogP contribution in [0.3, 0.4) is 0 Å². The van der Waals surface area contributed by atoms with Gasteiger partial charge in [0.15, 0.2) is 0 Å². The molecule has 0 saturated heterocycles. The monoisotopic (exact) mass is 265 g/mol. The number of benzene rings is 1. The first kappa shape index (κ1) is 13.4. The van der Waals surface area contributed by atoms with E-state index in [0.717, 1.165) is 37.5 Å². The quantitative estimate of drug-likeness (QED) is 0.749. The molecule has 0 bridgehead atoms.